The Morgan fingerprint density at radius 1 is 1.44 bits per heavy atom. The van der Waals surface area contributed by atoms with Crippen LogP contribution in [0.15, 0.2) is 22.2 Å². The second-order valence-electron chi connectivity index (χ2n) is 4.96. The number of thioether (sulfide) groups is 1. The van der Waals surface area contributed by atoms with E-state index in [4.69, 9.17) is 0 Å². The van der Waals surface area contributed by atoms with Crippen molar-refractivity contribution >= 4 is 23.3 Å². The Morgan fingerprint density at radius 2 is 2.22 bits per heavy atom. The van der Waals surface area contributed by atoms with E-state index in [2.05, 4.69) is 34.1 Å². The van der Waals surface area contributed by atoms with Gasteiger partial charge in [0.2, 0.25) is 0 Å². The normalized spacial score (nSPS) is 18.8. The molecule has 0 aromatic carbocycles. The molecule has 1 aromatic heterocycles. The summed E-state index contributed by atoms with van der Waals surface area (Å²) in [6, 6.07) is 2.33. The molecule has 0 bridgehead atoms. The first-order chi connectivity index (χ1) is 8.81. The Labute approximate surface area is 113 Å². The van der Waals surface area contributed by atoms with Gasteiger partial charge in [0.25, 0.3) is 0 Å². The molecule has 2 fully saturated rings. The largest absolute Gasteiger partial charge is 0.345 e. The van der Waals surface area contributed by atoms with E-state index < -0.39 is 0 Å². The number of aromatic nitrogens is 1. The van der Waals surface area contributed by atoms with E-state index >= 15 is 0 Å². The van der Waals surface area contributed by atoms with E-state index in [0.29, 0.717) is 0 Å². The van der Waals surface area contributed by atoms with Crippen molar-refractivity contribution in [3.63, 3.8) is 0 Å². The molecule has 0 amide bonds. The van der Waals surface area contributed by atoms with Gasteiger partial charge in [-0.05, 0) is 43.6 Å². The van der Waals surface area contributed by atoms with Crippen molar-refractivity contribution in [3.05, 3.63) is 17.8 Å². The molecule has 1 aromatic rings. The highest BCUT2D eigenvalue weighted by atomic mass is 32.2. The van der Waals surface area contributed by atoms with E-state index in [1.807, 2.05) is 6.20 Å². The molecule has 1 saturated carbocycles. The minimum absolute atomic E-state index is 0.756. The van der Waals surface area contributed by atoms with Gasteiger partial charge in [0, 0.05) is 17.6 Å². The molecular weight excluding hydrogens is 242 g/mol. The van der Waals surface area contributed by atoms with Crippen LogP contribution in [0.4, 0.5) is 5.82 Å². The summed E-state index contributed by atoms with van der Waals surface area (Å²) in [5.41, 5.74) is 2.77. The lowest BCUT2D eigenvalue weighted by Gasteiger charge is -2.35. The average Bonchev–Trinajstić information content (AvgIpc) is 3.17. The van der Waals surface area contributed by atoms with Crippen LogP contribution < -0.4 is 4.90 Å². The Morgan fingerprint density at radius 3 is 2.83 bits per heavy atom. The Balaban J connectivity index is 1.82. The fourth-order valence-corrected chi connectivity index (χ4v) is 2.80. The molecule has 0 unspecified atom stereocenters. The summed E-state index contributed by atoms with van der Waals surface area (Å²) in [6.07, 6.45) is 6.77. The number of pyridine rings is 1. The fourth-order valence-electron chi connectivity index (χ4n) is 2.39. The zero-order valence-corrected chi connectivity index (χ0v) is 11.8. The van der Waals surface area contributed by atoms with Crippen LogP contribution in [-0.4, -0.2) is 36.6 Å². The molecular formula is C14H19N3S. The molecule has 0 atom stereocenters. The van der Waals surface area contributed by atoms with Gasteiger partial charge in [0.1, 0.15) is 5.82 Å². The predicted octanol–water partition coefficient (Wildman–Crippen LogP) is 2.96. The lowest BCUT2D eigenvalue weighted by molar-refractivity contribution is 0.842. The van der Waals surface area contributed by atoms with Crippen LogP contribution in [-0.2, 0) is 0 Å². The van der Waals surface area contributed by atoms with E-state index in [9.17, 15) is 0 Å². The summed E-state index contributed by atoms with van der Waals surface area (Å²) in [5.74, 6) is 1.96. The molecule has 0 radical (unpaired) electrons. The highest BCUT2D eigenvalue weighted by Gasteiger charge is 2.32. The third kappa shape index (κ3) is 2.26. The zero-order valence-electron chi connectivity index (χ0n) is 11.0. The summed E-state index contributed by atoms with van der Waals surface area (Å²) < 4.78 is 0. The molecule has 4 heteroatoms. The Hall–Kier alpha value is -1.03. The van der Waals surface area contributed by atoms with Gasteiger partial charge < -0.3 is 4.90 Å². The molecule has 96 valence electrons. The van der Waals surface area contributed by atoms with Gasteiger partial charge in [0.05, 0.1) is 18.8 Å². The monoisotopic (exact) mass is 261 g/mol. The van der Waals surface area contributed by atoms with Gasteiger partial charge >= 0.3 is 0 Å². The van der Waals surface area contributed by atoms with Gasteiger partial charge in [-0.25, -0.2) is 4.98 Å². The van der Waals surface area contributed by atoms with Crippen LogP contribution in [0.1, 0.15) is 31.2 Å². The topological polar surface area (TPSA) is 28.5 Å². The number of hydrogen-bond acceptors (Lipinski definition) is 4. The van der Waals surface area contributed by atoms with Crippen molar-refractivity contribution in [2.24, 2.45) is 4.99 Å². The molecule has 0 N–H and O–H groups in total. The second kappa shape index (κ2) is 4.92. The van der Waals surface area contributed by atoms with Crippen molar-refractivity contribution in [1.82, 2.24) is 4.98 Å². The highest BCUT2D eigenvalue weighted by Crippen LogP contribution is 2.45. The van der Waals surface area contributed by atoms with Gasteiger partial charge in [0.15, 0.2) is 0 Å². The van der Waals surface area contributed by atoms with Crippen molar-refractivity contribution in [2.45, 2.75) is 30.6 Å². The average molecular weight is 261 g/mol. The van der Waals surface area contributed by atoms with E-state index in [1.54, 1.807) is 11.8 Å². The smallest absolute Gasteiger partial charge is 0.132 e. The standard InChI is InChI=1S/C14H19N3S/c1-3-15-11-8-17(9-11)14-13(10-4-5-10)6-12(18-2)7-16-14/h6-7,10H,3-5,8-9H2,1-2H3. The third-order valence-electron chi connectivity index (χ3n) is 3.55. The van der Waals surface area contributed by atoms with Gasteiger partial charge in [-0.3, -0.25) is 4.99 Å². The van der Waals surface area contributed by atoms with Crippen molar-refractivity contribution in [2.75, 3.05) is 30.8 Å². The van der Waals surface area contributed by atoms with E-state index in [1.165, 1.54) is 34.8 Å². The molecule has 0 spiro atoms. The van der Waals surface area contributed by atoms with Crippen LogP contribution in [0.5, 0.6) is 0 Å². The highest BCUT2D eigenvalue weighted by molar-refractivity contribution is 7.98. The van der Waals surface area contributed by atoms with Gasteiger partial charge in [-0.1, -0.05) is 0 Å². The molecule has 1 aliphatic heterocycles. The minimum Gasteiger partial charge on any atom is -0.345 e. The summed E-state index contributed by atoms with van der Waals surface area (Å²) in [7, 11) is 0. The Kier molecular flexibility index (Phi) is 3.29. The molecule has 2 heterocycles. The molecule has 3 nitrogen and oxygen atoms in total. The minimum atomic E-state index is 0.756. The first-order valence-electron chi connectivity index (χ1n) is 6.63. The molecule has 2 aliphatic rings. The summed E-state index contributed by atoms with van der Waals surface area (Å²) in [6.45, 7) is 4.94. The number of aliphatic imine (C=N–C) groups is 1. The fraction of sp³-hybridized carbons (Fsp3) is 0.571. The SMILES string of the molecule is CCN=C1CN(c2ncc(SC)cc2C2CC2)C1. The van der Waals surface area contributed by atoms with E-state index in [-0.39, 0.29) is 0 Å². The maximum absolute atomic E-state index is 4.68. The second-order valence-corrected chi connectivity index (χ2v) is 5.84. The van der Waals surface area contributed by atoms with Crippen molar-refractivity contribution < 1.29 is 0 Å². The van der Waals surface area contributed by atoms with Gasteiger partial charge in [-0.15, -0.1) is 11.8 Å². The van der Waals surface area contributed by atoms with Crippen LogP contribution in [0.2, 0.25) is 0 Å². The number of rotatable bonds is 4. The van der Waals surface area contributed by atoms with Crippen LogP contribution in [0.3, 0.4) is 0 Å². The molecule has 1 saturated heterocycles. The van der Waals surface area contributed by atoms with Crippen molar-refractivity contribution in [1.29, 1.82) is 0 Å². The van der Waals surface area contributed by atoms with E-state index in [0.717, 1.165) is 25.6 Å². The number of hydrogen-bond donors (Lipinski definition) is 0. The molecule has 1 aliphatic carbocycles. The lowest BCUT2D eigenvalue weighted by atomic mass is 10.1. The van der Waals surface area contributed by atoms with Crippen molar-refractivity contribution in [3.8, 4) is 0 Å². The van der Waals surface area contributed by atoms with Crippen LogP contribution in [0.25, 0.3) is 0 Å². The van der Waals surface area contributed by atoms with Crippen LogP contribution in [0, 0.1) is 0 Å². The first kappa shape index (κ1) is 12.0. The zero-order chi connectivity index (χ0) is 12.5. The maximum atomic E-state index is 4.68. The number of nitrogens with zero attached hydrogens (tertiary/aromatic N) is 3. The maximum Gasteiger partial charge on any atom is 0.132 e. The molecule has 3 rings (SSSR count). The number of anilines is 1. The predicted molar refractivity (Wildman–Crippen MR) is 78.2 cm³/mol. The molecule has 18 heavy (non-hydrogen) atoms. The van der Waals surface area contributed by atoms with Gasteiger partial charge in [-0.2, -0.15) is 0 Å². The first-order valence-corrected chi connectivity index (χ1v) is 7.85. The Bertz CT molecular complexity index is 472. The third-order valence-corrected chi connectivity index (χ3v) is 4.25. The summed E-state index contributed by atoms with van der Waals surface area (Å²) in [4.78, 5) is 12.8. The van der Waals surface area contributed by atoms with Crippen LogP contribution >= 0.6 is 11.8 Å². The summed E-state index contributed by atoms with van der Waals surface area (Å²) in [5, 5.41) is 0. The summed E-state index contributed by atoms with van der Waals surface area (Å²) >= 11 is 1.78. The quantitative estimate of drug-likeness (QED) is 0.780. The lowest BCUT2D eigenvalue weighted by Crippen LogP contribution is -2.48.